The van der Waals surface area contributed by atoms with E-state index in [1.807, 2.05) is 16.9 Å². The van der Waals surface area contributed by atoms with Crippen molar-refractivity contribution in [3.63, 3.8) is 0 Å². The highest BCUT2D eigenvalue weighted by atomic mass is 32.1. The van der Waals surface area contributed by atoms with Gasteiger partial charge in [0.25, 0.3) is 0 Å². The molecule has 3 rings (SSSR count). The summed E-state index contributed by atoms with van der Waals surface area (Å²) >= 11 is 1.56. The number of ether oxygens (including phenoxy) is 1. The lowest BCUT2D eigenvalue weighted by Crippen LogP contribution is -2.14. The molecular formula is C17H17FN2O2S. The van der Waals surface area contributed by atoms with Crippen LogP contribution in [0.25, 0.3) is 10.9 Å². The first kappa shape index (κ1) is 15.7. The molecule has 0 saturated heterocycles. The standard InChI is InChI=1S/C17H17FN2O2S/c1-3-22-17(21)10-20-11(2)13(9-16-19-6-7-23-16)14-8-12(18)4-5-15(14)20/h4-8H,3,9-10H2,1-2H3. The Bertz CT molecular complexity index is 840. The predicted molar refractivity (Wildman–Crippen MR) is 88.2 cm³/mol. The average Bonchev–Trinajstić information content (AvgIpc) is 3.10. The number of rotatable bonds is 5. The second-order valence-electron chi connectivity index (χ2n) is 5.22. The fraction of sp³-hybridized carbons (Fsp3) is 0.294. The topological polar surface area (TPSA) is 44.1 Å². The van der Waals surface area contributed by atoms with E-state index in [4.69, 9.17) is 4.74 Å². The van der Waals surface area contributed by atoms with Crippen LogP contribution >= 0.6 is 11.3 Å². The monoisotopic (exact) mass is 332 g/mol. The highest BCUT2D eigenvalue weighted by Crippen LogP contribution is 2.29. The van der Waals surface area contributed by atoms with E-state index in [9.17, 15) is 9.18 Å². The highest BCUT2D eigenvalue weighted by Gasteiger charge is 2.18. The number of esters is 1. The van der Waals surface area contributed by atoms with Gasteiger partial charge in [0, 0.05) is 34.6 Å². The van der Waals surface area contributed by atoms with Gasteiger partial charge in [-0.05, 0) is 37.6 Å². The van der Waals surface area contributed by atoms with E-state index in [-0.39, 0.29) is 18.3 Å². The molecule has 6 heteroatoms. The number of fused-ring (bicyclic) bond motifs is 1. The van der Waals surface area contributed by atoms with Crippen LogP contribution in [0.5, 0.6) is 0 Å². The first-order valence-electron chi connectivity index (χ1n) is 7.41. The Morgan fingerprint density at radius 1 is 1.43 bits per heavy atom. The summed E-state index contributed by atoms with van der Waals surface area (Å²) < 4.78 is 20.6. The van der Waals surface area contributed by atoms with E-state index in [1.165, 1.54) is 12.1 Å². The maximum absolute atomic E-state index is 13.7. The summed E-state index contributed by atoms with van der Waals surface area (Å²) in [6.45, 7) is 4.19. The van der Waals surface area contributed by atoms with Crippen molar-refractivity contribution in [3.8, 4) is 0 Å². The van der Waals surface area contributed by atoms with Gasteiger partial charge >= 0.3 is 5.97 Å². The summed E-state index contributed by atoms with van der Waals surface area (Å²) in [6, 6.07) is 4.64. The molecule has 0 radical (unpaired) electrons. The van der Waals surface area contributed by atoms with Gasteiger partial charge in [-0.1, -0.05) is 0 Å². The largest absolute Gasteiger partial charge is 0.465 e. The third-order valence-electron chi connectivity index (χ3n) is 3.82. The van der Waals surface area contributed by atoms with Crippen LogP contribution in [0.2, 0.25) is 0 Å². The van der Waals surface area contributed by atoms with E-state index in [1.54, 1.807) is 30.5 Å². The first-order chi connectivity index (χ1) is 11.1. The number of halogens is 1. The number of carbonyl (C=O) groups is 1. The number of hydrogen-bond acceptors (Lipinski definition) is 4. The molecule has 0 aliphatic heterocycles. The van der Waals surface area contributed by atoms with Crippen LogP contribution in [0.3, 0.4) is 0 Å². The minimum absolute atomic E-state index is 0.125. The molecule has 0 fully saturated rings. The van der Waals surface area contributed by atoms with Gasteiger partial charge in [0.2, 0.25) is 0 Å². The summed E-state index contributed by atoms with van der Waals surface area (Å²) in [5, 5.41) is 3.71. The van der Waals surface area contributed by atoms with Crippen molar-refractivity contribution in [2.45, 2.75) is 26.8 Å². The number of benzene rings is 1. The zero-order chi connectivity index (χ0) is 16.4. The van der Waals surface area contributed by atoms with Crippen LogP contribution in [-0.2, 0) is 22.5 Å². The Morgan fingerprint density at radius 2 is 2.26 bits per heavy atom. The summed E-state index contributed by atoms with van der Waals surface area (Å²) in [6.07, 6.45) is 2.38. The number of hydrogen-bond donors (Lipinski definition) is 0. The summed E-state index contributed by atoms with van der Waals surface area (Å²) in [5.74, 6) is -0.580. The summed E-state index contributed by atoms with van der Waals surface area (Å²) in [4.78, 5) is 16.2. The molecule has 23 heavy (non-hydrogen) atoms. The second kappa shape index (κ2) is 6.50. The van der Waals surface area contributed by atoms with E-state index >= 15 is 0 Å². The molecule has 0 N–H and O–H groups in total. The van der Waals surface area contributed by atoms with Crippen LogP contribution in [0.15, 0.2) is 29.8 Å². The van der Waals surface area contributed by atoms with Crippen molar-refractivity contribution in [2.75, 3.05) is 6.61 Å². The highest BCUT2D eigenvalue weighted by molar-refractivity contribution is 7.09. The Hall–Kier alpha value is -2.21. The molecule has 0 bridgehead atoms. The minimum Gasteiger partial charge on any atom is -0.465 e. The Labute approximate surface area is 137 Å². The molecule has 0 atom stereocenters. The Morgan fingerprint density at radius 3 is 2.96 bits per heavy atom. The molecule has 120 valence electrons. The molecule has 2 aromatic heterocycles. The number of thiazole rings is 1. The molecule has 0 saturated carbocycles. The van der Waals surface area contributed by atoms with Gasteiger partial charge in [-0.25, -0.2) is 9.37 Å². The van der Waals surface area contributed by atoms with Crippen molar-refractivity contribution in [2.24, 2.45) is 0 Å². The quantitative estimate of drug-likeness (QED) is 0.669. The lowest BCUT2D eigenvalue weighted by Gasteiger charge is -2.08. The molecule has 0 spiro atoms. The Kier molecular flexibility index (Phi) is 4.43. The third-order valence-corrected chi connectivity index (χ3v) is 4.60. The fourth-order valence-corrected chi connectivity index (χ4v) is 3.41. The van der Waals surface area contributed by atoms with Crippen LogP contribution < -0.4 is 0 Å². The number of aromatic nitrogens is 2. The molecule has 2 heterocycles. The maximum Gasteiger partial charge on any atom is 0.325 e. The molecule has 4 nitrogen and oxygen atoms in total. The molecular weight excluding hydrogens is 315 g/mol. The number of carbonyl (C=O) groups excluding carboxylic acids is 1. The van der Waals surface area contributed by atoms with Gasteiger partial charge in [-0.3, -0.25) is 4.79 Å². The van der Waals surface area contributed by atoms with Crippen molar-refractivity contribution >= 4 is 28.2 Å². The van der Waals surface area contributed by atoms with Gasteiger partial charge in [-0.2, -0.15) is 0 Å². The molecule has 0 amide bonds. The van der Waals surface area contributed by atoms with E-state index in [0.29, 0.717) is 13.0 Å². The molecule has 0 aliphatic carbocycles. The van der Waals surface area contributed by atoms with E-state index in [0.717, 1.165) is 27.2 Å². The third kappa shape index (κ3) is 3.12. The van der Waals surface area contributed by atoms with Crippen molar-refractivity contribution in [1.29, 1.82) is 0 Å². The number of nitrogens with zero attached hydrogens (tertiary/aromatic N) is 2. The summed E-state index contributed by atoms with van der Waals surface area (Å²) in [7, 11) is 0. The van der Waals surface area contributed by atoms with Crippen LogP contribution in [0.4, 0.5) is 4.39 Å². The maximum atomic E-state index is 13.7. The molecule has 1 aromatic carbocycles. The fourth-order valence-electron chi connectivity index (χ4n) is 2.78. The van der Waals surface area contributed by atoms with E-state index in [2.05, 4.69) is 4.98 Å². The summed E-state index contributed by atoms with van der Waals surface area (Å²) in [5.41, 5.74) is 2.77. The van der Waals surface area contributed by atoms with Gasteiger partial charge in [0.05, 0.1) is 11.6 Å². The van der Waals surface area contributed by atoms with Gasteiger partial charge in [-0.15, -0.1) is 11.3 Å². The van der Waals surface area contributed by atoms with Gasteiger partial charge < -0.3 is 9.30 Å². The normalized spacial score (nSPS) is 11.1. The second-order valence-corrected chi connectivity index (χ2v) is 6.20. The minimum atomic E-state index is -0.294. The van der Waals surface area contributed by atoms with Crippen molar-refractivity contribution < 1.29 is 13.9 Å². The first-order valence-corrected chi connectivity index (χ1v) is 8.29. The zero-order valence-corrected chi connectivity index (χ0v) is 13.8. The van der Waals surface area contributed by atoms with Crippen molar-refractivity contribution in [1.82, 2.24) is 9.55 Å². The van der Waals surface area contributed by atoms with Gasteiger partial charge in [0.15, 0.2) is 0 Å². The van der Waals surface area contributed by atoms with E-state index < -0.39 is 0 Å². The lowest BCUT2D eigenvalue weighted by molar-refractivity contribution is -0.143. The van der Waals surface area contributed by atoms with Crippen molar-refractivity contribution in [3.05, 3.63) is 51.9 Å². The Balaban J connectivity index is 2.09. The molecule has 3 aromatic rings. The SMILES string of the molecule is CCOC(=O)Cn1c(C)c(Cc2nccs2)c2cc(F)ccc21. The molecule has 0 unspecified atom stereocenters. The van der Waals surface area contributed by atoms with Gasteiger partial charge in [0.1, 0.15) is 12.4 Å². The average molecular weight is 332 g/mol. The lowest BCUT2D eigenvalue weighted by atomic mass is 10.1. The van der Waals surface area contributed by atoms with Crippen LogP contribution in [0.1, 0.15) is 23.2 Å². The van der Waals surface area contributed by atoms with Crippen LogP contribution in [-0.4, -0.2) is 22.1 Å². The van der Waals surface area contributed by atoms with Crippen LogP contribution in [0, 0.1) is 12.7 Å². The predicted octanol–water partition coefficient (Wildman–Crippen LogP) is 3.70. The zero-order valence-electron chi connectivity index (χ0n) is 13.0. The molecule has 0 aliphatic rings. The smallest absolute Gasteiger partial charge is 0.325 e.